The molecular formula is C16H22BrN3O. The average Bonchev–Trinajstić information content (AvgIpc) is 2.61. The van der Waals surface area contributed by atoms with Crippen LogP contribution in [0.1, 0.15) is 37.8 Å². The van der Waals surface area contributed by atoms with Crippen LogP contribution in [0.4, 0.5) is 11.4 Å². The maximum Gasteiger partial charge on any atom is 0.246 e. The number of hydrogen-bond donors (Lipinski definition) is 2. The summed E-state index contributed by atoms with van der Waals surface area (Å²) < 4.78 is 1.08. The number of hydrogen-bond acceptors (Lipinski definition) is 3. The molecule has 0 spiro atoms. The van der Waals surface area contributed by atoms with Crippen molar-refractivity contribution in [3.63, 3.8) is 0 Å². The van der Waals surface area contributed by atoms with Gasteiger partial charge in [-0.2, -0.15) is 0 Å². The summed E-state index contributed by atoms with van der Waals surface area (Å²) in [5.41, 5.74) is 3.16. The van der Waals surface area contributed by atoms with Crippen molar-refractivity contribution in [3.8, 4) is 0 Å². The van der Waals surface area contributed by atoms with Crippen molar-refractivity contribution in [2.75, 3.05) is 30.4 Å². The lowest BCUT2D eigenvalue weighted by atomic mass is 10.0. The fourth-order valence-corrected chi connectivity index (χ4v) is 3.92. The number of fused-ring (bicyclic) bond motifs is 1. The molecule has 2 aliphatic rings. The normalized spacial score (nSPS) is 25.5. The van der Waals surface area contributed by atoms with Gasteiger partial charge in [0.1, 0.15) is 6.04 Å². The van der Waals surface area contributed by atoms with Gasteiger partial charge in [0.05, 0.1) is 5.69 Å². The monoisotopic (exact) mass is 351 g/mol. The number of nitrogens with one attached hydrogen (secondary N) is 2. The van der Waals surface area contributed by atoms with Crippen LogP contribution in [0, 0.1) is 5.92 Å². The Bertz CT molecular complexity index is 561. The summed E-state index contributed by atoms with van der Waals surface area (Å²) in [6.07, 6.45) is 3.77. The predicted molar refractivity (Wildman–Crippen MR) is 89.8 cm³/mol. The van der Waals surface area contributed by atoms with Gasteiger partial charge in [0, 0.05) is 28.8 Å². The first-order valence-corrected chi connectivity index (χ1v) is 8.46. The van der Waals surface area contributed by atoms with Crippen LogP contribution in [-0.2, 0) is 4.79 Å². The summed E-state index contributed by atoms with van der Waals surface area (Å²) in [5, 5.41) is 6.05. The van der Waals surface area contributed by atoms with Crippen molar-refractivity contribution in [2.24, 2.45) is 5.92 Å². The van der Waals surface area contributed by atoms with Crippen molar-refractivity contribution in [3.05, 3.63) is 22.2 Å². The SMILES string of the molecule is CNC1C(=O)Nc2cc(N3CCCC(C)CC3)c(Br)cc21. The Kier molecular flexibility index (Phi) is 4.22. The second-order valence-corrected chi connectivity index (χ2v) is 6.98. The van der Waals surface area contributed by atoms with Gasteiger partial charge in [-0.3, -0.25) is 4.79 Å². The van der Waals surface area contributed by atoms with Crippen LogP contribution in [-0.4, -0.2) is 26.0 Å². The van der Waals surface area contributed by atoms with E-state index in [1.54, 1.807) is 0 Å². The Morgan fingerprint density at radius 2 is 2.14 bits per heavy atom. The number of carbonyl (C=O) groups is 1. The molecule has 2 unspecified atom stereocenters. The zero-order chi connectivity index (χ0) is 15.0. The molecule has 2 N–H and O–H groups in total. The van der Waals surface area contributed by atoms with E-state index >= 15 is 0 Å². The second-order valence-electron chi connectivity index (χ2n) is 6.12. The molecule has 0 radical (unpaired) electrons. The molecule has 4 nitrogen and oxygen atoms in total. The quantitative estimate of drug-likeness (QED) is 0.859. The lowest BCUT2D eigenvalue weighted by Crippen LogP contribution is -2.24. The average molecular weight is 352 g/mol. The van der Waals surface area contributed by atoms with E-state index < -0.39 is 0 Å². The highest BCUT2D eigenvalue weighted by Crippen LogP contribution is 2.39. The number of amides is 1. The van der Waals surface area contributed by atoms with E-state index in [2.05, 4.69) is 50.5 Å². The number of rotatable bonds is 2. The molecule has 114 valence electrons. The summed E-state index contributed by atoms with van der Waals surface area (Å²) >= 11 is 3.69. The first-order valence-electron chi connectivity index (χ1n) is 7.66. The van der Waals surface area contributed by atoms with Crippen LogP contribution in [0.3, 0.4) is 0 Å². The fraction of sp³-hybridized carbons (Fsp3) is 0.562. The van der Waals surface area contributed by atoms with E-state index in [4.69, 9.17) is 0 Å². The van der Waals surface area contributed by atoms with Crippen LogP contribution >= 0.6 is 15.9 Å². The molecule has 0 aromatic heterocycles. The zero-order valence-corrected chi connectivity index (χ0v) is 14.2. The second kappa shape index (κ2) is 5.97. The van der Waals surface area contributed by atoms with Crippen LogP contribution in [0.15, 0.2) is 16.6 Å². The Hall–Kier alpha value is -1.07. The molecule has 2 aliphatic heterocycles. The van der Waals surface area contributed by atoms with Crippen molar-refractivity contribution < 1.29 is 4.79 Å². The Morgan fingerprint density at radius 1 is 1.33 bits per heavy atom. The molecule has 0 aliphatic carbocycles. The minimum Gasteiger partial charge on any atom is -0.371 e. The number of carbonyl (C=O) groups excluding carboxylic acids is 1. The van der Waals surface area contributed by atoms with E-state index in [1.165, 1.54) is 24.9 Å². The molecule has 5 heteroatoms. The molecule has 0 bridgehead atoms. The van der Waals surface area contributed by atoms with Gasteiger partial charge in [0.15, 0.2) is 0 Å². The van der Waals surface area contributed by atoms with Gasteiger partial charge in [-0.15, -0.1) is 0 Å². The molecule has 2 atom stereocenters. The van der Waals surface area contributed by atoms with Gasteiger partial charge < -0.3 is 15.5 Å². The Labute approximate surface area is 134 Å². The predicted octanol–water partition coefficient (Wildman–Crippen LogP) is 3.29. The van der Waals surface area contributed by atoms with Gasteiger partial charge in [-0.25, -0.2) is 0 Å². The molecule has 1 amide bonds. The van der Waals surface area contributed by atoms with Crippen LogP contribution in [0.25, 0.3) is 0 Å². The summed E-state index contributed by atoms with van der Waals surface area (Å²) in [4.78, 5) is 14.4. The first kappa shape index (κ1) is 14.9. The van der Waals surface area contributed by atoms with Crippen LogP contribution in [0.5, 0.6) is 0 Å². The van der Waals surface area contributed by atoms with E-state index in [9.17, 15) is 4.79 Å². The lowest BCUT2D eigenvalue weighted by Gasteiger charge is -2.25. The minimum absolute atomic E-state index is 0.0287. The van der Waals surface area contributed by atoms with Gasteiger partial charge >= 0.3 is 0 Å². The fourth-order valence-electron chi connectivity index (χ4n) is 3.30. The molecule has 1 saturated heterocycles. The van der Waals surface area contributed by atoms with E-state index in [1.807, 2.05) is 7.05 Å². The van der Waals surface area contributed by atoms with E-state index in [0.717, 1.165) is 34.7 Å². The van der Waals surface area contributed by atoms with Gasteiger partial charge in [-0.05, 0) is 60.3 Å². The standard InChI is InChI=1S/C16H22BrN3O/c1-10-4-3-6-20(7-5-10)14-9-13-11(8-12(14)17)15(18-2)16(21)19-13/h8-10,15,18H,3-7H2,1-2H3,(H,19,21). The largest absolute Gasteiger partial charge is 0.371 e. The molecule has 21 heavy (non-hydrogen) atoms. The number of nitrogens with zero attached hydrogens (tertiary/aromatic N) is 1. The maximum atomic E-state index is 12.0. The third-order valence-electron chi connectivity index (χ3n) is 4.60. The highest BCUT2D eigenvalue weighted by Gasteiger charge is 2.31. The summed E-state index contributed by atoms with van der Waals surface area (Å²) in [6.45, 7) is 4.51. The molecule has 2 heterocycles. The number of halogens is 1. The van der Waals surface area contributed by atoms with E-state index in [0.29, 0.717) is 0 Å². The van der Waals surface area contributed by atoms with Crippen LogP contribution in [0.2, 0.25) is 0 Å². The Balaban J connectivity index is 1.91. The molecule has 0 saturated carbocycles. The molecule has 1 aromatic rings. The number of benzene rings is 1. The van der Waals surface area contributed by atoms with Crippen molar-refractivity contribution >= 4 is 33.2 Å². The number of anilines is 2. The van der Waals surface area contributed by atoms with Gasteiger partial charge in [0.25, 0.3) is 0 Å². The molecule has 1 aromatic carbocycles. The van der Waals surface area contributed by atoms with Crippen LogP contribution < -0.4 is 15.5 Å². The number of likely N-dealkylation sites (N-methyl/N-ethyl adjacent to an activating group) is 1. The van der Waals surface area contributed by atoms with Crippen molar-refractivity contribution in [1.82, 2.24) is 5.32 Å². The maximum absolute atomic E-state index is 12.0. The van der Waals surface area contributed by atoms with Gasteiger partial charge in [-0.1, -0.05) is 6.92 Å². The lowest BCUT2D eigenvalue weighted by molar-refractivity contribution is -0.117. The van der Waals surface area contributed by atoms with E-state index in [-0.39, 0.29) is 11.9 Å². The summed E-state index contributed by atoms with van der Waals surface area (Å²) in [7, 11) is 1.82. The highest BCUT2D eigenvalue weighted by atomic mass is 79.9. The minimum atomic E-state index is -0.241. The van der Waals surface area contributed by atoms with Crippen molar-refractivity contribution in [1.29, 1.82) is 0 Å². The Morgan fingerprint density at radius 3 is 2.90 bits per heavy atom. The smallest absolute Gasteiger partial charge is 0.246 e. The topological polar surface area (TPSA) is 44.4 Å². The first-order chi connectivity index (χ1) is 10.1. The summed E-state index contributed by atoms with van der Waals surface area (Å²) in [6, 6.07) is 3.96. The third-order valence-corrected chi connectivity index (χ3v) is 5.23. The molecule has 1 fully saturated rings. The highest BCUT2D eigenvalue weighted by molar-refractivity contribution is 9.10. The molecule has 3 rings (SSSR count). The van der Waals surface area contributed by atoms with Gasteiger partial charge in [0.2, 0.25) is 5.91 Å². The molecular weight excluding hydrogens is 330 g/mol. The third kappa shape index (κ3) is 2.81. The van der Waals surface area contributed by atoms with Crippen molar-refractivity contribution in [2.45, 2.75) is 32.2 Å². The zero-order valence-electron chi connectivity index (χ0n) is 12.6. The summed E-state index contributed by atoms with van der Waals surface area (Å²) in [5.74, 6) is 0.831.